The van der Waals surface area contributed by atoms with Crippen LogP contribution in [0.1, 0.15) is 68.3 Å². The summed E-state index contributed by atoms with van der Waals surface area (Å²) < 4.78 is 52.3. The Morgan fingerprint density at radius 2 is 1.80 bits per heavy atom. The van der Waals surface area contributed by atoms with Gasteiger partial charge >= 0.3 is 0 Å². The first-order chi connectivity index (χ1) is 21.0. The Labute approximate surface area is 256 Å². The van der Waals surface area contributed by atoms with Crippen LogP contribution in [0.3, 0.4) is 0 Å². The Balaban J connectivity index is 1.02. The molecule has 0 spiro atoms. The number of carbonyl (C=O) groups excluding carboxylic acids is 1. The van der Waals surface area contributed by atoms with Crippen molar-refractivity contribution in [3.05, 3.63) is 59.3 Å². The largest absolute Gasteiger partial charge is 0.454 e. The molecule has 4 aliphatic carbocycles. The summed E-state index contributed by atoms with van der Waals surface area (Å²) in [4.78, 5) is 22.8. The summed E-state index contributed by atoms with van der Waals surface area (Å²) in [6.07, 6.45) is 8.42. The number of nitrogens with zero attached hydrogens (tertiary/aromatic N) is 3. The molecule has 3 heterocycles. The van der Waals surface area contributed by atoms with Crippen LogP contribution in [0, 0.1) is 24.7 Å². The van der Waals surface area contributed by atoms with Crippen molar-refractivity contribution in [3.8, 4) is 11.5 Å². The molecule has 8 rings (SSSR count). The van der Waals surface area contributed by atoms with E-state index in [0.29, 0.717) is 40.5 Å². The molecule has 2 aromatic rings. The van der Waals surface area contributed by atoms with E-state index in [1.165, 1.54) is 24.2 Å². The van der Waals surface area contributed by atoms with E-state index in [-0.39, 0.29) is 54.2 Å². The SMILES string of the molecule is Cc1cc(C2=CN(Cc3ccc4c(c3)OCO4)C(O)C(F)=C2)nc(S(=O)(=O)CCCC(=O)NC23CC4CC(CC(C4)C2)C3)n1. The lowest BCUT2D eigenvalue weighted by molar-refractivity contribution is -0.126. The molecule has 1 aromatic heterocycles. The quantitative estimate of drug-likeness (QED) is 0.395. The van der Waals surface area contributed by atoms with Gasteiger partial charge in [-0.05, 0) is 99.5 Å². The second kappa shape index (κ2) is 11.1. The average Bonchev–Trinajstić information content (AvgIpc) is 3.42. The normalized spacial score (nSPS) is 28.6. The molecule has 1 aromatic carbocycles. The fourth-order valence-electron chi connectivity index (χ4n) is 8.15. The molecule has 4 fully saturated rings. The Bertz CT molecular complexity index is 1620. The Morgan fingerprint density at radius 3 is 2.52 bits per heavy atom. The van der Waals surface area contributed by atoms with E-state index in [4.69, 9.17) is 9.47 Å². The van der Waals surface area contributed by atoms with Crippen molar-refractivity contribution >= 4 is 21.3 Å². The number of carbonyl (C=O) groups is 1. The molecule has 4 saturated carbocycles. The lowest BCUT2D eigenvalue weighted by Gasteiger charge is -2.56. The van der Waals surface area contributed by atoms with Crippen molar-refractivity contribution in [2.75, 3.05) is 12.5 Å². The van der Waals surface area contributed by atoms with Crippen molar-refractivity contribution < 1.29 is 32.2 Å². The Morgan fingerprint density at radius 1 is 1.09 bits per heavy atom. The Kier molecular flexibility index (Phi) is 7.39. The lowest BCUT2D eigenvalue weighted by Crippen LogP contribution is -2.59. The summed E-state index contributed by atoms with van der Waals surface area (Å²) in [5.74, 6) is 2.13. The molecule has 234 valence electrons. The molecule has 1 atom stereocenters. The molecule has 12 heteroatoms. The number of aromatic nitrogens is 2. The molecule has 2 N–H and O–H groups in total. The van der Waals surface area contributed by atoms with Gasteiger partial charge in [0.2, 0.25) is 27.7 Å². The highest BCUT2D eigenvalue weighted by Crippen LogP contribution is 2.55. The van der Waals surface area contributed by atoms with Crippen molar-refractivity contribution in [2.24, 2.45) is 17.8 Å². The van der Waals surface area contributed by atoms with E-state index in [0.717, 1.165) is 30.9 Å². The zero-order valence-electron chi connectivity index (χ0n) is 24.7. The molecule has 44 heavy (non-hydrogen) atoms. The molecule has 4 bridgehead atoms. The number of sulfone groups is 1. The number of fused-ring (bicyclic) bond motifs is 1. The molecule has 2 aliphatic heterocycles. The summed E-state index contributed by atoms with van der Waals surface area (Å²) in [6.45, 7) is 1.93. The van der Waals surface area contributed by atoms with E-state index in [1.807, 2.05) is 0 Å². The van der Waals surface area contributed by atoms with Gasteiger partial charge < -0.3 is 24.8 Å². The zero-order valence-corrected chi connectivity index (χ0v) is 25.5. The van der Waals surface area contributed by atoms with Gasteiger partial charge in [-0.2, -0.15) is 0 Å². The number of amides is 1. The number of nitrogens with one attached hydrogen (secondary N) is 1. The van der Waals surface area contributed by atoms with Gasteiger partial charge in [-0.25, -0.2) is 22.8 Å². The molecule has 0 saturated heterocycles. The van der Waals surface area contributed by atoms with Crippen molar-refractivity contribution in [1.82, 2.24) is 20.2 Å². The monoisotopic (exact) mass is 624 g/mol. The second-order valence-corrected chi connectivity index (χ2v) is 15.2. The van der Waals surface area contributed by atoms with Gasteiger partial charge in [0, 0.05) is 36.0 Å². The van der Waals surface area contributed by atoms with E-state index in [9.17, 15) is 22.7 Å². The van der Waals surface area contributed by atoms with Gasteiger partial charge in [-0.1, -0.05) is 6.07 Å². The fraction of sp³-hybridized carbons (Fsp3) is 0.531. The number of hydrogen-bond acceptors (Lipinski definition) is 9. The van der Waals surface area contributed by atoms with Crippen LogP contribution in [0.4, 0.5) is 4.39 Å². The minimum absolute atomic E-state index is 0.0953. The van der Waals surface area contributed by atoms with Crippen molar-refractivity contribution in [2.45, 2.75) is 81.8 Å². The summed E-state index contributed by atoms with van der Waals surface area (Å²) in [6, 6.07) is 6.89. The van der Waals surface area contributed by atoms with Crippen LogP contribution >= 0.6 is 0 Å². The third-order valence-corrected chi connectivity index (χ3v) is 11.2. The summed E-state index contributed by atoms with van der Waals surface area (Å²) in [5, 5.41) is 13.5. The maximum absolute atomic E-state index is 14.9. The highest BCUT2D eigenvalue weighted by atomic mass is 32.2. The highest BCUT2D eigenvalue weighted by Gasteiger charge is 2.51. The van der Waals surface area contributed by atoms with Crippen LogP contribution in [0.25, 0.3) is 5.57 Å². The maximum atomic E-state index is 14.9. The smallest absolute Gasteiger partial charge is 0.247 e. The molecule has 1 amide bonds. The third kappa shape index (κ3) is 5.81. The van der Waals surface area contributed by atoms with Gasteiger partial charge in [0.05, 0.1) is 11.4 Å². The van der Waals surface area contributed by atoms with E-state index in [2.05, 4.69) is 15.3 Å². The summed E-state index contributed by atoms with van der Waals surface area (Å²) >= 11 is 0. The van der Waals surface area contributed by atoms with Gasteiger partial charge in [0.25, 0.3) is 0 Å². The number of allylic oxidation sites excluding steroid dienone is 2. The Hall–Kier alpha value is -3.51. The lowest BCUT2D eigenvalue weighted by atomic mass is 9.53. The first-order valence-corrected chi connectivity index (χ1v) is 17.0. The number of aryl methyl sites for hydroxylation is 1. The molecule has 0 radical (unpaired) electrons. The molecular weight excluding hydrogens is 587 g/mol. The summed E-state index contributed by atoms with van der Waals surface area (Å²) in [5.41, 5.74) is 1.56. The predicted molar refractivity (Wildman–Crippen MR) is 158 cm³/mol. The highest BCUT2D eigenvalue weighted by molar-refractivity contribution is 7.91. The molecular formula is C32H37FN4O6S. The summed E-state index contributed by atoms with van der Waals surface area (Å²) in [7, 11) is -3.92. The van der Waals surface area contributed by atoms with Crippen LogP contribution in [-0.2, 0) is 21.2 Å². The van der Waals surface area contributed by atoms with Crippen LogP contribution in [0.15, 0.2) is 47.5 Å². The first kappa shape index (κ1) is 29.2. The van der Waals surface area contributed by atoms with Gasteiger partial charge in [0.1, 0.15) is 5.83 Å². The van der Waals surface area contributed by atoms with Crippen LogP contribution in [0.5, 0.6) is 11.5 Å². The van der Waals surface area contributed by atoms with Gasteiger partial charge in [0.15, 0.2) is 17.7 Å². The van der Waals surface area contributed by atoms with Crippen LogP contribution in [0.2, 0.25) is 0 Å². The molecule has 10 nitrogen and oxygen atoms in total. The maximum Gasteiger partial charge on any atom is 0.247 e. The zero-order chi connectivity index (χ0) is 30.6. The fourth-order valence-corrected chi connectivity index (χ4v) is 9.38. The minimum Gasteiger partial charge on any atom is -0.454 e. The standard InChI is InChI=1S/C32H37FN4O6S/c1-19-7-26(24-12-25(33)30(39)37(17-24)16-20-4-5-27-28(11-20)43-18-42-27)35-31(34-19)44(40,41)6-2-3-29(38)36-32-13-21-8-22(14-32)10-23(9-21)15-32/h4-5,7,11-12,17,21-23,30,39H,2-3,6,8-10,13-16,18H2,1H3,(H,36,38). The number of aliphatic hydroxyl groups is 1. The van der Waals surface area contributed by atoms with Gasteiger partial charge in [-0.15, -0.1) is 0 Å². The number of rotatable bonds is 9. The number of ether oxygens (including phenoxy) is 2. The van der Waals surface area contributed by atoms with E-state index >= 15 is 0 Å². The number of benzene rings is 1. The molecule has 6 aliphatic rings. The van der Waals surface area contributed by atoms with E-state index in [1.54, 1.807) is 37.4 Å². The van der Waals surface area contributed by atoms with Crippen LogP contribution < -0.4 is 14.8 Å². The van der Waals surface area contributed by atoms with Crippen LogP contribution in [-0.4, -0.2) is 58.6 Å². The van der Waals surface area contributed by atoms with Crippen molar-refractivity contribution in [1.29, 1.82) is 0 Å². The topological polar surface area (TPSA) is 131 Å². The number of hydrogen-bond donors (Lipinski definition) is 2. The van der Waals surface area contributed by atoms with Gasteiger partial charge in [-0.3, -0.25) is 4.79 Å². The van der Waals surface area contributed by atoms with E-state index < -0.39 is 21.9 Å². The number of aliphatic hydroxyl groups excluding tert-OH is 1. The predicted octanol–water partition coefficient (Wildman–Crippen LogP) is 4.18. The number of halogens is 1. The second-order valence-electron chi connectivity index (χ2n) is 13.2. The third-order valence-electron chi connectivity index (χ3n) is 9.63. The molecule has 1 unspecified atom stereocenters. The first-order valence-electron chi connectivity index (χ1n) is 15.4. The minimum atomic E-state index is -3.92. The average molecular weight is 625 g/mol. The van der Waals surface area contributed by atoms with Crippen molar-refractivity contribution in [3.63, 3.8) is 0 Å².